The van der Waals surface area contributed by atoms with Crippen LogP contribution in [0.15, 0.2) is 24.4 Å². The number of carboxylic acid groups (broad SMARTS) is 1. The van der Waals surface area contributed by atoms with Crippen LogP contribution in [0.25, 0.3) is 0 Å². The number of nitrogens with zero attached hydrogens (tertiary/aromatic N) is 1. The summed E-state index contributed by atoms with van der Waals surface area (Å²) < 4.78 is 13.0. The van der Waals surface area contributed by atoms with Crippen molar-refractivity contribution >= 4 is 17.6 Å². The first-order valence-electron chi connectivity index (χ1n) is 5.33. The number of aryl methyl sites for hydroxylation is 1. The van der Waals surface area contributed by atoms with Crippen molar-refractivity contribution in [3.05, 3.63) is 47.3 Å². The number of H-pyrrole nitrogens is 1. The van der Waals surface area contributed by atoms with Gasteiger partial charge in [-0.1, -0.05) is 0 Å². The molecule has 0 saturated heterocycles. The number of imidazole rings is 1. The van der Waals surface area contributed by atoms with E-state index in [1.165, 1.54) is 12.3 Å². The summed E-state index contributed by atoms with van der Waals surface area (Å²) in [5.74, 6) is -2.00. The standard InChI is InChI=1S/C12H10FN3O3/c1-6-14-5-10(15-6)11(17)16-9-3-2-7(13)4-8(9)12(18)19/h2-5H,1H3,(H,14,15)(H,16,17)(H,18,19). The van der Waals surface area contributed by atoms with E-state index >= 15 is 0 Å². The van der Waals surface area contributed by atoms with Gasteiger partial charge in [0.1, 0.15) is 17.3 Å². The highest BCUT2D eigenvalue weighted by Crippen LogP contribution is 2.17. The highest BCUT2D eigenvalue weighted by molar-refractivity contribution is 6.06. The number of aromatic carboxylic acids is 1. The molecule has 0 aliphatic heterocycles. The Balaban J connectivity index is 2.28. The second-order valence-corrected chi connectivity index (χ2v) is 3.83. The van der Waals surface area contributed by atoms with Gasteiger partial charge in [-0.2, -0.15) is 0 Å². The Morgan fingerprint density at radius 2 is 2.16 bits per heavy atom. The van der Waals surface area contributed by atoms with Crippen molar-refractivity contribution in [1.82, 2.24) is 9.97 Å². The molecule has 1 heterocycles. The lowest BCUT2D eigenvalue weighted by Crippen LogP contribution is -2.15. The molecule has 0 unspecified atom stereocenters. The van der Waals surface area contributed by atoms with Gasteiger partial charge in [0.15, 0.2) is 0 Å². The van der Waals surface area contributed by atoms with Crippen LogP contribution in [0.3, 0.4) is 0 Å². The predicted molar refractivity (Wildman–Crippen MR) is 64.6 cm³/mol. The number of halogens is 1. The number of aromatic nitrogens is 2. The van der Waals surface area contributed by atoms with E-state index in [4.69, 9.17) is 5.11 Å². The fraction of sp³-hybridized carbons (Fsp3) is 0.0833. The lowest BCUT2D eigenvalue weighted by Gasteiger charge is -2.07. The van der Waals surface area contributed by atoms with Gasteiger partial charge in [-0.05, 0) is 25.1 Å². The molecule has 1 aromatic carbocycles. The van der Waals surface area contributed by atoms with Crippen molar-refractivity contribution in [1.29, 1.82) is 0 Å². The van der Waals surface area contributed by atoms with Crippen molar-refractivity contribution < 1.29 is 19.1 Å². The minimum atomic E-state index is -1.32. The van der Waals surface area contributed by atoms with Crippen LogP contribution in [-0.4, -0.2) is 27.0 Å². The zero-order chi connectivity index (χ0) is 14.0. The summed E-state index contributed by atoms with van der Waals surface area (Å²) in [6.07, 6.45) is 1.33. The minimum absolute atomic E-state index is 0.0196. The molecule has 2 aromatic rings. The van der Waals surface area contributed by atoms with Crippen LogP contribution in [0.5, 0.6) is 0 Å². The molecule has 1 amide bonds. The molecule has 0 aliphatic rings. The Bertz CT molecular complexity index is 651. The number of amides is 1. The Labute approximate surface area is 107 Å². The van der Waals surface area contributed by atoms with Gasteiger partial charge in [0.05, 0.1) is 17.4 Å². The summed E-state index contributed by atoms with van der Waals surface area (Å²) in [5, 5.41) is 11.3. The molecule has 7 heteroatoms. The lowest BCUT2D eigenvalue weighted by atomic mass is 10.1. The topological polar surface area (TPSA) is 95.1 Å². The highest BCUT2D eigenvalue weighted by atomic mass is 19.1. The fourth-order valence-corrected chi connectivity index (χ4v) is 1.53. The van der Waals surface area contributed by atoms with E-state index in [1.54, 1.807) is 6.92 Å². The minimum Gasteiger partial charge on any atom is -0.478 e. The van der Waals surface area contributed by atoms with Gasteiger partial charge in [-0.25, -0.2) is 14.2 Å². The quantitative estimate of drug-likeness (QED) is 0.787. The number of carbonyl (C=O) groups is 2. The fourth-order valence-electron chi connectivity index (χ4n) is 1.53. The number of carbonyl (C=O) groups excluding carboxylic acids is 1. The van der Waals surface area contributed by atoms with Crippen molar-refractivity contribution in [2.45, 2.75) is 6.92 Å². The van der Waals surface area contributed by atoms with Gasteiger partial charge in [0.2, 0.25) is 0 Å². The molecule has 0 fully saturated rings. The van der Waals surface area contributed by atoms with E-state index < -0.39 is 17.7 Å². The van der Waals surface area contributed by atoms with Gasteiger partial charge < -0.3 is 15.4 Å². The van der Waals surface area contributed by atoms with E-state index in [1.807, 2.05) is 0 Å². The zero-order valence-electron chi connectivity index (χ0n) is 9.90. The zero-order valence-corrected chi connectivity index (χ0v) is 9.90. The average molecular weight is 263 g/mol. The third kappa shape index (κ3) is 2.76. The van der Waals surface area contributed by atoms with Crippen molar-refractivity contribution in [2.75, 3.05) is 5.32 Å². The van der Waals surface area contributed by atoms with Crippen LogP contribution < -0.4 is 5.32 Å². The van der Waals surface area contributed by atoms with E-state index in [9.17, 15) is 14.0 Å². The number of hydrogen-bond donors (Lipinski definition) is 3. The lowest BCUT2D eigenvalue weighted by molar-refractivity contribution is 0.0697. The van der Waals surface area contributed by atoms with Crippen molar-refractivity contribution in [2.24, 2.45) is 0 Å². The predicted octanol–water partition coefficient (Wildman–Crippen LogP) is 1.81. The van der Waals surface area contributed by atoms with E-state index in [-0.39, 0.29) is 16.9 Å². The molecule has 6 nitrogen and oxygen atoms in total. The Kier molecular flexibility index (Phi) is 3.28. The summed E-state index contributed by atoms with van der Waals surface area (Å²) >= 11 is 0. The van der Waals surface area contributed by atoms with Crippen LogP contribution in [0.4, 0.5) is 10.1 Å². The first kappa shape index (κ1) is 12.7. The Morgan fingerprint density at radius 3 is 2.74 bits per heavy atom. The van der Waals surface area contributed by atoms with Crippen LogP contribution in [-0.2, 0) is 0 Å². The van der Waals surface area contributed by atoms with Gasteiger partial charge in [-0.3, -0.25) is 4.79 Å². The van der Waals surface area contributed by atoms with E-state index in [0.29, 0.717) is 5.82 Å². The number of aromatic amines is 1. The summed E-state index contributed by atoms with van der Waals surface area (Å²) in [6, 6.07) is 3.11. The molecule has 98 valence electrons. The summed E-state index contributed by atoms with van der Waals surface area (Å²) in [7, 11) is 0. The van der Waals surface area contributed by atoms with Gasteiger partial charge in [0, 0.05) is 0 Å². The van der Waals surface area contributed by atoms with Crippen LogP contribution >= 0.6 is 0 Å². The monoisotopic (exact) mass is 263 g/mol. The second kappa shape index (κ2) is 4.89. The molecule has 0 radical (unpaired) electrons. The van der Waals surface area contributed by atoms with Crippen LogP contribution in [0.2, 0.25) is 0 Å². The van der Waals surface area contributed by atoms with E-state index in [2.05, 4.69) is 15.3 Å². The maximum atomic E-state index is 13.0. The molecular formula is C12H10FN3O3. The number of hydrogen-bond acceptors (Lipinski definition) is 3. The summed E-state index contributed by atoms with van der Waals surface area (Å²) in [5.41, 5.74) is -0.103. The first-order chi connectivity index (χ1) is 8.97. The van der Waals surface area contributed by atoms with Crippen molar-refractivity contribution in [3.63, 3.8) is 0 Å². The number of nitrogens with one attached hydrogen (secondary N) is 2. The number of benzene rings is 1. The van der Waals surface area contributed by atoms with Gasteiger partial charge in [0.25, 0.3) is 5.91 Å². The second-order valence-electron chi connectivity index (χ2n) is 3.83. The maximum absolute atomic E-state index is 13.0. The average Bonchev–Trinajstić information content (AvgIpc) is 2.78. The van der Waals surface area contributed by atoms with Crippen LogP contribution in [0, 0.1) is 12.7 Å². The molecule has 19 heavy (non-hydrogen) atoms. The molecule has 0 aliphatic carbocycles. The Hall–Kier alpha value is -2.70. The van der Waals surface area contributed by atoms with E-state index in [0.717, 1.165) is 12.1 Å². The molecule has 0 bridgehead atoms. The highest BCUT2D eigenvalue weighted by Gasteiger charge is 2.15. The SMILES string of the molecule is Cc1ncc(C(=O)Nc2ccc(F)cc2C(=O)O)[nH]1. The summed E-state index contributed by atoms with van der Waals surface area (Å²) in [6.45, 7) is 1.68. The molecule has 3 N–H and O–H groups in total. The molecule has 0 spiro atoms. The molecule has 1 aromatic heterocycles. The van der Waals surface area contributed by atoms with Gasteiger partial charge >= 0.3 is 5.97 Å². The van der Waals surface area contributed by atoms with Crippen LogP contribution in [0.1, 0.15) is 26.7 Å². The molecule has 0 saturated carbocycles. The normalized spacial score (nSPS) is 10.2. The van der Waals surface area contributed by atoms with Gasteiger partial charge in [-0.15, -0.1) is 0 Å². The third-order valence-corrected chi connectivity index (χ3v) is 2.41. The smallest absolute Gasteiger partial charge is 0.337 e. The summed E-state index contributed by atoms with van der Waals surface area (Å²) in [4.78, 5) is 29.3. The molecule has 0 atom stereocenters. The first-order valence-corrected chi connectivity index (χ1v) is 5.33. The number of rotatable bonds is 3. The third-order valence-electron chi connectivity index (χ3n) is 2.41. The molecular weight excluding hydrogens is 253 g/mol. The largest absolute Gasteiger partial charge is 0.478 e. The maximum Gasteiger partial charge on any atom is 0.337 e. The van der Waals surface area contributed by atoms with Crippen molar-refractivity contribution in [3.8, 4) is 0 Å². The number of carboxylic acids is 1. The Morgan fingerprint density at radius 1 is 1.42 bits per heavy atom. The number of anilines is 1. The molecule has 2 rings (SSSR count).